The van der Waals surface area contributed by atoms with Crippen LogP contribution in [0.2, 0.25) is 0 Å². The fraction of sp³-hybridized carbons (Fsp3) is 1.00. The van der Waals surface area contributed by atoms with Gasteiger partial charge in [-0.3, -0.25) is 0 Å². The first-order valence-corrected chi connectivity index (χ1v) is 3.20. The Labute approximate surface area is 51.5 Å². The van der Waals surface area contributed by atoms with Crippen LogP contribution in [0.5, 0.6) is 0 Å². The van der Waals surface area contributed by atoms with Crippen LogP contribution in [0, 0.1) is 0 Å². The van der Waals surface area contributed by atoms with Crippen LogP contribution in [0.4, 0.5) is 0 Å². The molecule has 0 atom stereocenters. The first-order chi connectivity index (χ1) is 3.71. The molecule has 0 spiro atoms. The van der Waals surface area contributed by atoms with Crippen molar-refractivity contribution in [2.24, 2.45) is 5.73 Å². The summed E-state index contributed by atoms with van der Waals surface area (Å²) in [6.07, 6.45) is 0. The van der Waals surface area contributed by atoms with Crippen molar-refractivity contribution in [3.05, 3.63) is 0 Å². The molecule has 0 aromatic rings. The van der Waals surface area contributed by atoms with E-state index in [2.05, 4.69) is 5.32 Å². The van der Waals surface area contributed by atoms with Crippen LogP contribution >= 0.6 is 0 Å². The number of nitrogens with one attached hydrogen (secondary N) is 1. The maximum atomic E-state index is 5.56. The zero-order chi connectivity index (χ0) is 6.62. The van der Waals surface area contributed by atoms with Gasteiger partial charge < -0.3 is 11.1 Å². The van der Waals surface area contributed by atoms with Gasteiger partial charge in [0.05, 0.1) is 0 Å². The third kappa shape index (κ3) is 2.28. The standard InChI is InChI=1S/C4H10N2.C2H6/c1-4(5)2-6-3-4;1-2/h6H,2-3,5H2,1H3;1-2H3. The molecule has 1 aliphatic heterocycles. The van der Waals surface area contributed by atoms with Crippen molar-refractivity contribution in [2.45, 2.75) is 26.3 Å². The van der Waals surface area contributed by atoms with Crippen LogP contribution in [0.1, 0.15) is 20.8 Å². The molecule has 0 amide bonds. The summed E-state index contributed by atoms with van der Waals surface area (Å²) < 4.78 is 0. The maximum Gasteiger partial charge on any atom is 0.0378 e. The molecule has 0 aromatic heterocycles. The highest BCUT2D eigenvalue weighted by molar-refractivity contribution is 4.92. The summed E-state index contributed by atoms with van der Waals surface area (Å²) >= 11 is 0. The Bertz CT molecular complexity index is 53.5. The highest BCUT2D eigenvalue weighted by atomic mass is 15.1. The quantitative estimate of drug-likeness (QED) is 0.479. The number of hydrogen-bond donors (Lipinski definition) is 2. The first-order valence-electron chi connectivity index (χ1n) is 3.20. The van der Waals surface area contributed by atoms with Gasteiger partial charge >= 0.3 is 0 Å². The van der Waals surface area contributed by atoms with E-state index in [1.807, 2.05) is 20.8 Å². The highest BCUT2D eigenvalue weighted by Crippen LogP contribution is 2.01. The Morgan fingerprint density at radius 3 is 1.62 bits per heavy atom. The van der Waals surface area contributed by atoms with Crippen LogP contribution in [0.25, 0.3) is 0 Å². The second-order valence-electron chi connectivity index (χ2n) is 2.26. The van der Waals surface area contributed by atoms with Gasteiger partial charge in [0.25, 0.3) is 0 Å². The van der Waals surface area contributed by atoms with Gasteiger partial charge in [-0.25, -0.2) is 0 Å². The molecule has 1 fully saturated rings. The van der Waals surface area contributed by atoms with E-state index in [0.29, 0.717) is 0 Å². The van der Waals surface area contributed by atoms with Crippen molar-refractivity contribution in [1.82, 2.24) is 5.32 Å². The minimum Gasteiger partial charge on any atom is -0.323 e. The molecule has 1 heterocycles. The minimum absolute atomic E-state index is 0.111. The summed E-state index contributed by atoms with van der Waals surface area (Å²) in [5, 5.41) is 3.08. The maximum absolute atomic E-state index is 5.56. The summed E-state index contributed by atoms with van der Waals surface area (Å²) in [5.41, 5.74) is 5.67. The molecule has 1 aliphatic rings. The molecule has 0 bridgehead atoms. The molecule has 0 radical (unpaired) electrons. The fourth-order valence-corrected chi connectivity index (χ4v) is 0.519. The van der Waals surface area contributed by atoms with Crippen molar-refractivity contribution in [3.63, 3.8) is 0 Å². The number of nitrogens with two attached hydrogens (primary N) is 1. The van der Waals surface area contributed by atoms with E-state index >= 15 is 0 Å². The lowest BCUT2D eigenvalue weighted by atomic mass is 9.98. The van der Waals surface area contributed by atoms with Crippen LogP contribution in [-0.4, -0.2) is 18.6 Å². The fourth-order valence-electron chi connectivity index (χ4n) is 0.519. The average Bonchev–Trinajstić information content (AvgIpc) is 1.69. The molecule has 50 valence electrons. The third-order valence-corrected chi connectivity index (χ3v) is 1.06. The lowest BCUT2D eigenvalue weighted by Gasteiger charge is -2.34. The summed E-state index contributed by atoms with van der Waals surface area (Å²) in [5.74, 6) is 0. The summed E-state index contributed by atoms with van der Waals surface area (Å²) in [6.45, 7) is 8.00. The lowest BCUT2D eigenvalue weighted by Crippen LogP contribution is -2.63. The number of rotatable bonds is 0. The van der Waals surface area contributed by atoms with Gasteiger partial charge in [0, 0.05) is 18.6 Å². The van der Waals surface area contributed by atoms with Gasteiger partial charge in [-0.15, -0.1) is 0 Å². The molecular formula is C6H16N2. The normalized spacial score (nSPS) is 22.5. The van der Waals surface area contributed by atoms with Gasteiger partial charge in [-0.2, -0.15) is 0 Å². The zero-order valence-electron chi connectivity index (χ0n) is 5.99. The summed E-state index contributed by atoms with van der Waals surface area (Å²) in [7, 11) is 0. The van der Waals surface area contributed by atoms with Crippen molar-refractivity contribution >= 4 is 0 Å². The van der Waals surface area contributed by atoms with Gasteiger partial charge in [-0.05, 0) is 6.92 Å². The second-order valence-corrected chi connectivity index (χ2v) is 2.26. The molecule has 0 saturated carbocycles. The van der Waals surface area contributed by atoms with Gasteiger partial charge in [0.2, 0.25) is 0 Å². The molecule has 0 unspecified atom stereocenters. The van der Waals surface area contributed by atoms with Crippen molar-refractivity contribution in [2.75, 3.05) is 13.1 Å². The molecule has 8 heavy (non-hydrogen) atoms. The van der Waals surface area contributed by atoms with Crippen molar-refractivity contribution < 1.29 is 0 Å². The van der Waals surface area contributed by atoms with Crippen LogP contribution in [0.3, 0.4) is 0 Å². The summed E-state index contributed by atoms with van der Waals surface area (Å²) in [6, 6.07) is 0. The number of hydrogen-bond acceptors (Lipinski definition) is 2. The Morgan fingerprint density at radius 1 is 1.38 bits per heavy atom. The molecule has 1 saturated heterocycles. The smallest absolute Gasteiger partial charge is 0.0378 e. The van der Waals surface area contributed by atoms with Crippen LogP contribution in [-0.2, 0) is 0 Å². The van der Waals surface area contributed by atoms with Gasteiger partial charge in [-0.1, -0.05) is 13.8 Å². The molecule has 3 N–H and O–H groups in total. The second kappa shape index (κ2) is 3.05. The van der Waals surface area contributed by atoms with E-state index in [9.17, 15) is 0 Å². The Morgan fingerprint density at radius 2 is 1.62 bits per heavy atom. The monoisotopic (exact) mass is 116 g/mol. The van der Waals surface area contributed by atoms with Crippen LogP contribution < -0.4 is 11.1 Å². The molecule has 0 aliphatic carbocycles. The summed E-state index contributed by atoms with van der Waals surface area (Å²) in [4.78, 5) is 0. The molecule has 0 aromatic carbocycles. The highest BCUT2D eigenvalue weighted by Gasteiger charge is 2.25. The van der Waals surface area contributed by atoms with Gasteiger partial charge in [0.15, 0.2) is 0 Å². The van der Waals surface area contributed by atoms with E-state index in [0.717, 1.165) is 13.1 Å². The van der Waals surface area contributed by atoms with E-state index in [-0.39, 0.29) is 5.54 Å². The topological polar surface area (TPSA) is 38.0 Å². The van der Waals surface area contributed by atoms with Crippen molar-refractivity contribution in [1.29, 1.82) is 0 Å². The van der Waals surface area contributed by atoms with E-state index < -0.39 is 0 Å². The molecule has 1 rings (SSSR count). The minimum atomic E-state index is 0.111. The lowest BCUT2D eigenvalue weighted by molar-refractivity contribution is 0.309. The molecular weight excluding hydrogens is 100 g/mol. The largest absolute Gasteiger partial charge is 0.323 e. The van der Waals surface area contributed by atoms with Gasteiger partial charge in [0.1, 0.15) is 0 Å². The van der Waals surface area contributed by atoms with E-state index in [1.165, 1.54) is 0 Å². The average molecular weight is 116 g/mol. The Hall–Kier alpha value is -0.0800. The van der Waals surface area contributed by atoms with E-state index in [4.69, 9.17) is 5.73 Å². The molecule has 2 nitrogen and oxygen atoms in total. The Balaban J connectivity index is 0.000000222. The zero-order valence-corrected chi connectivity index (χ0v) is 5.99. The first kappa shape index (κ1) is 7.92. The predicted molar refractivity (Wildman–Crippen MR) is 36.8 cm³/mol. The van der Waals surface area contributed by atoms with E-state index in [1.54, 1.807) is 0 Å². The molecule has 2 heteroatoms. The predicted octanol–water partition coefficient (Wildman–Crippen LogP) is 0.333. The van der Waals surface area contributed by atoms with Crippen LogP contribution in [0.15, 0.2) is 0 Å². The Kier molecular flexibility index (Phi) is 3.02. The SMILES string of the molecule is CC.CC1(N)CNC1. The van der Waals surface area contributed by atoms with Crippen molar-refractivity contribution in [3.8, 4) is 0 Å². The third-order valence-electron chi connectivity index (χ3n) is 1.06.